The van der Waals surface area contributed by atoms with E-state index in [2.05, 4.69) is 0 Å². The molecular formula is C13H12F6N2O3. The number of aliphatic hydroxyl groups is 1. The molecule has 0 aliphatic heterocycles. The first-order valence-electron chi connectivity index (χ1n) is 6.37. The van der Waals surface area contributed by atoms with Gasteiger partial charge in [0.15, 0.2) is 0 Å². The third-order valence-corrected chi connectivity index (χ3v) is 2.61. The van der Waals surface area contributed by atoms with Crippen molar-refractivity contribution >= 4 is 17.5 Å². The van der Waals surface area contributed by atoms with Crippen molar-refractivity contribution < 1.29 is 41.0 Å². The number of carbonyl (C=O) groups excluding carboxylic acids is 2. The third-order valence-electron chi connectivity index (χ3n) is 2.61. The van der Waals surface area contributed by atoms with Crippen LogP contribution in [0, 0.1) is 0 Å². The predicted molar refractivity (Wildman–Crippen MR) is 69.8 cm³/mol. The zero-order valence-corrected chi connectivity index (χ0v) is 12.0. The van der Waals surface area contributed by atoms with Gasteiger partial charge in [-0.3, -0.25) is 9.59 Å². The van der Waals surface area contributed by atoms with Gasteiger partial charge in [0.25, 0.3) is 0 Å². The van der Waals surface area contributed by atoms with Crippen LogP contribution in [0.5, 0.6) is 0 Å². The summed E-state index contributed by atoms with van der Waals surface area (Å²) in [6.45, 7) is 0.975. The van der Waals surface area contributed by atoms with E-state index in [4.69, 9.17) is 5.11 Å². The fourth-order valence-electron chi connectivity index (χ4n) is 1.54. The molecule has 0 aliphatic carbocycles. The first kappa shape index (κ1) is 19.7. The van der Waals surface area contributed by atoms with Crippen LogP contribution in [-0.4, -0.2) is 29.6 Å². The van der Waals surface area contributed by atoms with Crippen molar-refractivity contribution in [1.29, 1.82) is 0 Å². The topological polar surface area (TPSA) is 78.4 Å². The highest BCUT2D eigenvalue weighted by Crippen LogP contribution is 2.37. The van der Waals surface area contributed by atoms with Gasteiger partial charge in [-0.15, -0.1) is 0 Å². The fraction of sp³-hybridized carbons (Fsp3) is 0.385. The molecule has 0 saturated carbocycles. The molecule has 1 aromatic carbocycles. The maximum absolute atomic E-state index is 12.7. The first-order chi connectivity index (χ1) is 10.8. The molecule has 3 N–H and O–H groups in total. The number of nitrogens with one attached hydrogen (secondary N) is 2. The molecule has 1 aromatic rings. The summed E-state index contributed by atoms with van der Waals surface area (Å²) in [5.41, 5.74) is -4.09. The first-order valence-corrected chi connectivity index (χ1v) is 6.37. The average Bonchev–Trinajstić information content (AvgIpc) is 2.42. The molecule has 0 aromatic heterocycles. The maximum atomic E-state index is 12.7. The highest BCUT2D eigenvalue weighted by molar-refractivity contribution is 6.39. The molecule has 5 nitrogen and oxygen atoms in total. The molecule has 11 heteroatoms. The SMILES string of the molecule is CC(O)CNC(=O)C(=O)Nc1cc(C(F)(F)F)cc(C(F)(F)F)c1. The quantitative estimate of drug-likeness (QED) is 0.572. The Morgan fingerprint density at radius 2 is 1.46 bits per heavy atom. The van der Waals surface area contributed by atoms with Gasteiger partial charge in [-0.2, -0.15) is 26.3 Å². The Kier molecular flexibility index (Phi) is 5.82. The van der Waals surface area contributed by atoms with Crippen molar-refractivity contribution in [3.05, 3.63) is 29.3 Å². The van der Waals surface area contributed by atoms with E-state index in [9.17, 15) is 35.9 Å². The number of benzene rings is 1. The lowest BCUT2D eigenvalue weighted by Crippen LogP contribution is -2.38. The van der Waals surface area contributed by atoms with Crippen molar-refractivity contribution in [2.75, 3.05) is 11.9 Å². The van der Waals surface area contributed by atoms with E-state index >= 15 is 0 Å². The van der Waals surface area contributed by atoms with Crippen molar-refractivity contribution in [3.63, 3.8) is 0 Å². The summed E-state index contributed by atoms with van der Waals surface area (Å²) in [6.07, 6.45) is -11.1. The lowest BCUT2D eigenvalue weighted by atomic mass is 10.1. The van der Waals surface area contributed by atoms with E-state index in [0.29, 0.717) is 0 Å². The number of aliphatic hydroxyl groups excluding tert-OH is 1. The number of hydrogen-bond donors (Lipinski definition) is 3. The van der Waals surface area contributed by atoms with Crippen LogP contribution in [-0.2, 0) is 21.9 Å². The van der Waals surface area contributed by atoms with E-state index in [1.165, 1.54) is 6.92 Å². The van der Waals surface area contributed by atoms with Crippen molar-refractivity contribution in [3.8, 4) is 0 Å². The number of carbonyl (C=O) groups is 2. The average molecular weight is 358 g/mol. The molecule has 1 unspecified atom stereocenters. The van der Waals surface area contributed by atoms with Gasteiger partial charge in [-0.25, -0.2) is 0 Å². The Hall–Kier alpha value is -2.30. The zero-order valence-electron chi connectivity index (χ0n) is 12.0. The molecule has 0 saturated heterocycles. The summed E-state index contributed by atoms with van der Waals surface area (Å²) in [5, 5.41) is 12.5. The maximum Gasteiger partial charge on any atom is 0.416 e. The highest BCUT2D eigenvalue weighted by Gasteiger charge is 2.37. The summed E-state index contributed by atoms with van der Waals surface area (Å²) in [7, 11) is 0. The van der Waals surface area contributed by atoms with Crippen LogP contribution in [0.15, 0.2) is 18.2 Å². The molecule has 0 spiro atoms. The monoisotopic (exact) mass is 358 g/mol. The highest BCUT2D eigenvalue weighted by atomic mass is 19.4. The number of anilines is 1. The molecule has 24 heavy (non-hydrogen) atoms. The molecule has 0 heterocycles. The largest absolute Gasteiger partial charge is 0.416 e. The molecule has 0 bridgehead atoms. The van der Waals surface area contributed by atoms with Gasteiger partial charge >= 0.3 is 24.2 Å². The summed E-state index contributed by atoms with van der Waals surface area (Å²) in [5.74, 6) is -2.79. The summed E-state index contributed by atoms with van der Waals surface area (Å²) in [6, 6.07) is 0.438. The second-order valence-corrected chi connectivity index (χ2v) is 4.81. The van der Waals surface area contributed by atoms with Gasteiger partial charge in [0.05, 0.1) is 17.2 Å². The second-order valence-electron chi connectivity index (χ2n) is 4.81. The Labute approximate surface area is 131 Å². The number of amides is 2. The fourth-order valence-corrected chi connectivity index (χ4v) is 1.54. The Morgan fingerprint density at radius 1 is 1.00 bits per heavy atom. The van der Waals surface area contributed by atoms with Crippen LogP contribution < -0.4 is 10.6 Å². The Bertz CT molecular complexity index is 593. The van der Waals surface area contributed by atoms with Crippen LogP contribution in [0.4, 0.5) is 32.0 Å². The molecule has 0 fully saturated rings. The van der Waals surface area contributed by atoms with Crippen molar-refractivity contribution in [1.82, 2.24) is 5.32 Å². The van der Waals surface area contributed by atoms with Crippen molar-refractivity contribution in [2.24, 2.45) is 0 Å². The lowest BCUT2D eigenvalue weighted by Gasteiger charge is -2.14. The van der Waals surface area contributed by atoms with Crippen LogP contribution in [0.2, 0.25) is 0 Å². The zero-order chi connectivity index (χ0) is 18.7. The molecule has 2 amide bonds. The van der Waals surface area contributed by atoms with Crippen LogP contribution >= 0.6 is 0 Å². The van der Waals surface area contributed by atoms with E-state index in [-0.39, 0.29) is 24.7 Å². The number of halogens is 6. The van der Waals surface area contributed by atoms with Gasteiger partial charge in [-0.1, -0.05) is 0 Å². The molecule has 134 valence electrons. The third kappa shape index (κ3) is 5.72. The summed E-state index contributed by atoms with van der Waals surface area (Å²) < 4.78 is 75.9. The predicted octanol–water partition coefficient (Wildman–Crippen LogP) is 2.16. The summed E-state index contributed by atoms with van der Waals surface area (Å²) >= 11 is 0. The Balaban J connectivity index is 3.06. The van der Waals surface area contributed by atoms with E-state index < -0.39 is 47.1 Å². The number of hydrogen-bond acceptors (Lipinski definition) is 3. The molecular weight excluding hydrogens is 346 g/mol. The standard InChI is InChI=1S/C13H12F6N2O3/c1-6(22)5-20-10(23)11(24)21-9-3-7(12(14,15)16)2-8(4-9)13(17,18)19/h2-4,6,22H,5H2,1H3,(H,20,23)(H,21,24). The molecule has 1 rings (SSSR count). The summed E-state index contributed by atoms with van der Waals surface area (Å²) in [4.78, 5) is 22.8. The van der Waals surface area contributed by atoms with Crippen LogP contribution in [0.25, 0.3) is 0 Å². The number of alkyl halides is 6. The minimum atomic E-state index is -5.07. The van der Waals surface area contributed by atoms with Gasteiger partial charge in [0.1, 0.15) is 0 Å². The molecule has 1 atom stereocenters. The molecule has 0 radical (unpaired) electrons. The van der Waals surface area contributed by atoms with E-state index in [1.807, 2.05) is 5.32 Å². The lowest BCUT2D eigenvalue weighted by molar-refractivity contribution is -0.143. The van der Waals surface area contributed by atoms with Crippen LogP contribution in [0.3, 0.4) is 0 Å². The van der Waals surface area contributed by atoms with Crippen LogP contribution in [0.1, 0.15) is 18.1 Å². The van der Waals surface area contributed by atoms with Crippen molar-refractivity contribution in [2.45, 2.75) is 25.4 Å². The van der Waals surface area contributed by atoms with Gasteiger partial charge in [-0.05, 0) is 25.1 Å². The molecule has 0 aliphatic rings. The minimum Gasteiger partial charge on any atom is -0.392 e. The Morgan fingerprint density at radius 3 is 1.83 bits per heavy atom. The van der Waals surface area contributed by atoms with E-state index in [1.54, 1.807) is 5.32 Å². The minimum absolute atomic E-state index is 0.108. The van der Waals surface area contributed by atoms with E-state index in [0.717, 1.165) is 0 Å². The normalized spacial score (nSPS) is 13.3. The van der Waals surface area contributed by atoms with Gasteiger partial charge < -0.3 is 15.7 Å². The second kappa shape index (κ2) is 7.07. The number of rotatable bonds is 3. The van der Waals surface area contributed by atoms with Gasteiger partial charge in [0, 0.05) is 12.2 Å². The smallest absolute Gasteiger partial charge is 0.392 e. The van der Waals surface area contributed by atoms with Gasteiger partial charge in [0.2, 0.25) is 0 Å².